The molecule has 5 rings (SSSR count). The normalized spacial score (nSPS) is 19.1. The molecule has 1 aromatic carbocycles. The second-order valence-electron chi connectivity index (χ2n) is 7.60. The maximum atomic E-state index is 12.7. The van der Waals surface area contributed by atoms with Crippen LogP contribution in [-0.2, 0) is 14.5 Å². The van der Waals surface area contributed by atoms with Crippen LogP contribution in [0.1, 0.15) is 6.92 Å². The Bertz CT molecular complexity index is 1390. The van der Waals surface area contributed by atoms with E-state index in [2.05, 4.69) is 22.1 Å². The monoisotopic (exact) mass is 457 g/mol. The Balaban J connectivity index is 1.84. The number of morpholine rings is 1. The Kier molecular flexibility index (Phi) is 4.83. The molecule has 9 nitrogen and oxygen atoms in total. The van der Waals surface area contributed by atoms with Gasteiger partial charge in [-0.2, -0.15) is 4.98 Å². The number of hydrogen-bond acceptors (Lipinski definition) is 9. The second kappa shape index (κ2) is 7.43. The minimum atomic E-state index is -2.95. The van der Waals surface area contributed by atoms with Crippen LogP contribution in [0, 0.1) is 4.78 Å². The van der Waals surface area contributed by atoms with Crippen LogP contribution in [0.2, 0.25) is 0 Å². The smallest absolute Gasteiger partial charge is 0.239 e. The Labute approximate surface area is 184 Å². The highest BCUT2D eigenvalue weighted by atomic mass is 32.2. The molecule has 1 unspecified atom stereocenters. The summed E-state index contributed by atoms with van der Waals surface area (Å²) in [7, 11) is -1.15. The fourth-order valence-corrected chi connectivity index (χ4v) is 6.21. The number of thiophene rings is 1. The zero-order valence-electron chi connectivity index (χ0n) is 17.5. The highest BCUT2D eigenvalue weighted by molar-refractivity contribution is 7.92. The van der Waals surface area contributed by atoms with Gasteiger partial charge in [-0.3, -0.25) is 0 Å². The van der Waals surface area contributed by atoms with Crippen molar-refractivity contribution in [3.05, 3.63) is 29.6 Å². The van der Waals surface area contributed by atoms with Crippen molar-refractivity contribution >= 4 is 54.1 Å². The fourth-order valence-electron chi connectivity index (χ4n) is 3.88. The molecule has 2 atom stereocenters. The van der Waals surface area contributed by atoms with Gasteiger partial charge < -0.3 is 15.0 Å². The summed E-state index contributed by atoms with van der Waals surface area (Å²) < 4.78 is 29.2. The summed E-state index contributed by atoms with van der Waals surface area (Å²) in [6.07, 6.45) is 1.43. The molecule has 4 aromatic rings. The minimum Gasteiger partial charge on any atom is -0.377 e. The van der Waals surface area contributed by atoms with Gasteiger partial charge in [0.15, 0.2) is 5.82 Å². The van der Waals surface area contributed by atoms with Crippen molar-refractivity contribution in [3.8, 4) is 5.95 Å². The van der Waals surface area contributed by atoms with E-state index in [1.54, 1.807) is 12.4 Å². The molecule has 0 spiro atoms. The third-order valence-electron chi connectivity index (χ3n) is 5.40. The van der Waals surface area contributed by atoms with E-state index in [4.69, 9.17) is 19.5 Å². The average molecular weight is 458 g/mol. The van der Waals surface area contributed by atoms with E-state index in [0.29, 0.717) is 42.1 Å². The second-order valence-corrected chi connectivity index (χ2v) is 10.6. The molecule has 31 heavy (non-hydrogen) atoms. The lowest BCUT2D eigenvalue weighted by Gasteiger charge is -2.34. The van der Waals surface area contributed by atoms with Crippen LogP contribution < -0.4 is 10.2 Å². The minimum absolute atomic E-state index is 0.135. The molecule has 1 saturated heterocycles. The van der Waals surface area contributed by atoms with Crippen LogP contribution in [0.3, 0.4) is 0 Å². The third-order valence-corrected chi connectivity index (χ3v) is 7.66. The molecule has 4 heterocycles. The van der Waals surface area contributed by atoms with Crippen LogP contribution in [-0.4, -0.2) is 62.8 Å². The standard InChI is InChI=1S/C20H23N7O2S2/c1-12-10-29-9-8-26(12)18-17-16(15(11-30-17)31(3,21)28)24-20(25-18)27-14-7-5-4-6-13(14)23-19(27)22-2/h4-7,11-12,21H,8-10H2,1-3H3,(H,22,23)/t12-,31?/m1/s1. The molecule has 0 aliphatic carbocycles. The molecule has 0 saturated carbocycles. The number of imidazole rings is 1. The Hall–Kier alpha value is -2.76. The lowest BCUT2D eigenvalue weighted by Crippen LogP contribution is -2.44. The van der Waals surface area contributed by atoms with Crippen molar-refractivity contribution in [2.45, 2.75) is 17.9 Å². The summed E-state index contributed by atoms with van der Waals surface area (Å²) in [5, 5.41) is 4.90. The first-order valence-corrected chi connectivity index (χ1v) is 12.8. The van der Waals surface area contributed by atoms with Gasteiger partial charge in [0.1, 0.15) is 5.52 Å². The number of benzene rings is 1. The van der Waals surface area contributed by atoms with Crippen LogP contribution in [0.25, 0.3) is 27.2 Å². The van der Waals surface area contributed by atoms with Gasteiger partial charge in [-0.25, -0.2) is 23.5 Å². The number of rotatable bonds is 4. The van der Waals surface area contributed by atoms with Gasteiger partial charge in [0, 0.05) is 25.2 Å². The molecule has 1 aliphatic heterocycles. The number of fused-ring (bicyclic) bond motifs is 2. The van der Waals surface area contributed by atoms with E-state index in [1.807, 2.05) is 28.8 Å². The number of nitrogens with one attached hydrogen (secondary N) is 2. The molecule has 3 aromatic heterocycles. The molecular weight excluding hydrogens is 434 g/mol. The largest absolute Gasteiger partial charge is 0.377 e. The van der Waals surface area contributed by atoms with Crippen molar-refractivity contribution in [2.75, 3.05) is 43.3 Å². The zero-order valence-corrected chi connectivity index (χ0v) is 19.1. The number of nitrogens with zero attached hydrogens (tertiary/aromatic N) is 5. The van der Waals surface area contributed by atoms with E-state index >= 15 is 0 Å². The topological polar surface area (TPSA) is 109 Å². The maximum Gasteiger partial charge on any atom is 0.239 e. The number of ether oxygens (including phenoxy) is 1. The molecule has 1 aliphatic rings. The number of aromatic nitrogens is 4. The van der Waals surface area contributed by atoms with Gasteiger partial charge in [0.2, 0.25) is 11.9 Å². The van der Waals surface area contributed by atoms with Crippen LogP contribution in [0.4, 0.5) is 11.8 Å². The zero-order chi connectivity index (χ0) is 21.8. The van der Waals surface area contributed by atoms with Gasteiger partial charge in [0.25, 0.3) is 0 Å². The number of para-hydroxylation sites is 2. The molecule has 11 heteroatoms. The SMILES string of the molecule is CNc1nc2ccccc2n1-c1nc(N2CCOC[C@H]2C)c2scc(S(C)(=N)=O)c2n1. The summed E-state index contributed by atoms with van der Waals surface area (Å²) >= 11 is 1.44. The van der Waals surface area contributed by atoms with Crippen molar-refractivity contribution in [2.24, 2.45) is 0 Å². The highest BCUT2D eigenvalue weighted by Gasteiger charge is 2.27. The molecular formula is C20H23N7O2S2. The maximum absolute atomic E-state index is 12.7. The molecule has 162 valence electrons. The van der Waals surface area contributed by atoms with E-state index in [-0.39, 0.29) is 6.04 Å². The van der Waals surface area contributed by atoms with Crippen LogP contribution >= 0.6 is 11.3 Å². The molecule has 0 bridgehead atoms. The summed E-state index contributed by atoms with van der Waals surface area (Å²) in [6.45, 7) is 4.02. The van der Waals surface area contributed by atoms with Crippen molar-refractivity contribution < 1.29 is 8.95 Å². The third kappa shape index (κ3) is 3.33. The lowest BCUT2D eigenvalue weighted by atomic mass is 10.2. The predicted octanol–water partition coefficient (Wildman–Crippen LogP) is 3.33. The summed E-state index contributed by atoms with van der Waals surface area (Å²) in [5.41, 5.74) is 2.25. The quantitative estimate of drug-likeness (QED) is 0.484. The first-order chi connectivity index (χ1) is 14.9. The summed E-state index contributed by atoms with van der Waals surface area (Å²) in [4.78, 5) is 17.1. The first kappa shape index (κ1) is 20.2. The van der Waals surface area contributed by atoms with Gasteiger partial charge in [0.05, 0.1) is 49.6 Å². The summed E-state index contributed by atoms with van der Waals surface area (Å²) in [6, 6.07) is 7.93. The van der Waals surface area contributed by atoms with Crippen LogP contribution in [0.15, 0.2) is 34.5 Å². The van der Waals surface area contributed by atoms with Gasteiger partial charge >= 0.3 is 0 Å². The average Bonchev–Trinajstić information content (AvgIpc) is 3.34. The van der Waals surface area contributed by atoms with Crippen molar-refractivity contribution in [3.63, 3.8) is 0 Å². The molecule has 2 N–H and O–H groups in total. The number of anilines is 2. The van der Waals surface area contributed by atoms with Gasteiger partial charge in [-0.1, -0.05) is 12.1 Å². The van der Waals surface area contributed by atoms with E-state index in [1.165, 1.54) is 17.6 Å². The van der Waals surface area contributed by atoms with Crippen molar-refractivity contribution in [1.82, 2.24) is 19.5 Å². The van der Waals surface area contributed by atoms with Gasteiger partial charge in [-0.05, 0) is 19.1 Å². The number of hydrogen-bond donors (Lipinski definition) is 2. The first-order valence-electron chi connectivity index (χ1n) is 9.91. The molecule has 0 amide bonds. The van der Waals surface area contributed by atoms with E-state index in [9.17, 15) is 4.21 Å². The lowest BCUT2D eigenvalue weighted by molar-refractivity contribution is 0.0987. The molecule has 0 radical (unpaired) electrons. The van der Waals surface area contributed by atoms with Crippen molar-refractivity contribution in [1.29, 1.82) is 4.78 Å². The van der Waals surface area contributed by atoms with E-state index in [0.717, 1.165) is 21.6 Å². The predicted molar refractivity (Wildman–Crippen MR) is 124 cm³/mol. The molecule has 1 fully saturated rings. The Morgan fingerprint density at radius 2 is 2.10 bits per heavy atom. The van der Waals surface area contributed by atoms with E-state index < -0.39 is 9.73 Å². The Morgan fingerprint density at radius 1 is 1.29 bits per heavy atom. The Morgan fingerprint density at radius 3 is 2.84 bits per heavy atom. The highest BCUT2D eigenvalue weighted by Crippen LogP contribution is 2.37. The van der Waals surface area contributed by atoms with Crippen LogP contribution in [0.5, 0.6) is 0 Å². The fraction of sp³-hybridized carbons (Fsp3) is 0.350. The van der Waals surface area contributed by atoms with Gasteiger partial charge in [-0.15, -0.1) is 11.3 Å². The summed E-state index contributed by atoms with van der Waals surface area (Å²) in [5.74, 6) is 1.82.